The summed E-state index contributed by atoms with van der Waals surface area (Å²) < 4.78 is 101. The second-order valence-electron chi connectivity index (χ2n) is 7.06. The maximum atomic E-state index is 14.0. The van der Waals surface area contributed by atoms with E-state index in [4.69, 9.17) is 4.55 Å². The first kappa shape index (κ1) is 27.7. The predicted octanol–water partition coefficient (Wildman–Crippen LogP) is 1.69. The molecule has 1 aromatic carbocycles. The molecule has 2 rings (SSSR count). The van der Waals surface area contributed by atoms with E-state index in [1.807, 2.05) is 0 Å². The van der Waals surface area contributed by atoms with E-state index in [1.165, 1.54) is 0 Å². The molecule has 1 saturated heterocycles. The Bertz CT molecular complexity index is 1080. The molecule has 0 radical (unpaired) electrons. The lowest BCUT2D eigenvalue weighted by Crippen LogP contribution is -2.46. The summed E-state index contributed by atoms with van der Waals surface area (Å²) in [7, 11) is -9.00. The predicted molar refractivity (Wildman–Crippen MR) is 117 cm³/mol. The SMILES string of the molecule is O=[N+]([O-])c1cc(C(F)(F)F)c(N(CCBr)CCCS(=O)(=O)O)c(S(=O)(=O)N2CCNCC2)c1. The van der Waals surface area contributed by atoms with Crippen molar-refractivity contribution in [2.75, 3.05) is 55.3 Å². The van der Waals surface area contributed by atoms with Crippen LogP contribution in [-0.2, 0) is 26.3 Å². The number of nitrogens with zero attached hydrogens (tertiary/aromatic N) is 3. The maximum Gasteiger partial charge on any atom is 0.418 e. The molecule has 11 nitrogen and oxygen atoms in total. The van der Waals surface area contributed by atoms with Crippen molar-refractivity contribution in [1.82, 2.24) is 9.62 Å². The lowest BCUT2D eigenvalue weighted by atomic mass is 10.1. The second kappa shape index (κ2) is 10.8. The van der Waals surface area contributed by atoms with Crippen LogP contribution >= 0.6 is 15.9 Å². The molecule has 188 valence electrons. The van der Waals surface area contributed by atoms with Crippen molar-refractivity contribution in [1.29, 1.82) is 0 Å². The molecule has 0 bridgehead atoms. The summed E-state index contributed by atoms with van der Waals surface area (Å²) >= 11 is 3.08. The van der Waals surface area contributed by atoms with Crippen molar-refractivity contribution in [3.8, 4) is 0 Å². The summed E-state index contributed by atoms with van der Waals surface area (Å²) in [5.74, 6) is -0.764. The number of hydrogen-bond donors (Lipinski definition) is 2. The zero-order valence-corrected chi connectivity index (χ0v) is 20.3. The molecule has 1 heterocycles. The number of rotatable bonds is 10. The normalized spacial score (nSPS) is 16.0. The summed E-state index contributed by atoms with van der Waals surface area (Å²) in [6.45, 7) is -0.142. The molecule has 0 amide bonds. The average Bonchev–Trinajstić information content (AvgIpc) is 2.71. The molecule has 0 unspecified atom stereocenters. The van der Waals surface area contributed by atoms with Crippen molar-refractivity contribution in [2.45, 2.75) is 17.5 Å². The van der Waals surface area contributed by atoms with Crippen LogP contribution < -0.4 is 10.2 Å². The van der Waals surface area contributed by atoms with Crippen LogP contribution in [0, 0.1) is 10.1 Å². The molecule has 1 fully saturated rings. The number of nitro benzene ring substituents is 1. The number of nitrogens with one attached hydrogen (secondary N) is 1. The fourth-order valence-corrected chi connectivity index (χ4v) is 5.95. The van der Waals surface area contributed by atoms with E-state index in [1.54, 1.807) is 0 Å². The average molecular weight is 583 g/mol. The third-order valence-corrected chi connectivity index (χ3v) is 7.84. The zero-order chi connectivity index (χ0) is 25.0. The van der Waals surface area contributed by atoms with E-state index in [-0.39, 0.29) is 57.1 Å². The maximum absolute atomic E-state index is 14.0. The van der Waals surface area contributed by atoms with Gasteiger partial charge in [-0.05, 0) is 6.42 Å². The highest BCUT2D eigenvalue weighted by Crippen LogP contribution is 2.43. The molecule has 1 aliphatic rings. The van der Waals surface area contributed by atoms with Crippen molar-refractivity contribution in [3.05, 3.63) is 27.8 Å². The Hall–Kier alpha value is -1.53. The van der Waals surface area contributed by atoms with Gasteiger partial charge in [-0.2, -0.15) is 25.9 Å². The van der Waals surface area contributed by atoms with Crippen LogP contribution in [0.2, 0.25) is 0 Å². The van der Waals surface area contributed by atoms with Crippen molar-refractivity contribution < 1.29 is 39.5 Å². The summed E-state index contributed by atoms with van der Waals surface area (Å²) in [6, 6.07) is 0.849. The standard InChI is InChI=1S/C16H22BrF3N4O7S2/c17-2-6-22(5-1-9-32(27,28)29)15-13(16(18,19)20)10-12(24(25)26)11-14(15)33(30,31)23-7-3-21-4-8-23/h10-11,21H,1-9H2,(H,27,28,29). The lowest BCUT2D eigenvalue weighted by Gasteiger charge is -2.32. The molecular weight excluding hydrogens is 561 g/mol. The van der Waals surface area contributed by atoms with Crippen molar-refractivity contribution in [2.24, 2.45) is 0 Å². The summed E-state index contributed by atoms with van der Waals surface area (Å²) in [6.07, 6.45) is -5.46. The van der Waals surface area contributed by atoms with E-state index in [2.05, 4.69) is 21.2 Å². The lowest BCUT2D eigenvalue weighted by molar-refractivity contribution is -0.385. The van der Waals surface area contributed by atoms with Crippen LogP contribution in [0.5, 0.6) is 0 Å². The first-order valence-corrected chi connectivity index (χ1v) is 13.7. The van der Waals surface area contributed by atoms with Crippen LogP contribution in [0.1, 0.15) is 12.0 Å². The van der Waals surface area contributed by atoms with Crippen LogP contribution in [-0.4, -0.2) is 81.0 Å². The smallest absolute Gasteiger partial charge is 0.369 e. The number of hydrogen-bond acceptors (Lipinski definition) is 8. The van der Waals surface area contributed by atoms with Crippen molar-refractivity contribution >= 4 is 47.4 Å². The fraction of sp³-hybridized carbons (Fsp3) is 0.625. The molecule has 17 heteroatoms. The van der Waals surface area contributed by atoms with Gasteiger partial charge in [0, 0.05) is 56.7 Å². The third-order valence-electron chi connectivity index (χ3n) is 4.77. The molecule has 2 N–H and O–H groups in total. The molecule has 0 atom stereocenters. The number of halogens is 4. The Balaban J connectivity index is 2.76. The number of nitro groups is 1. The highest BCUT2D eigenvalue weighted by Gasteiger charge is 2.42. The molecule has 0 saturated carbocycles. The van der Waals surface area contributed by atoms with Crippen LogP contribution in [0.4, 0.5) is 24.5 Å². The Morgan fingerprint density at radius 2 is 1.79 bits per heavy atom. The molecule has 0 aliphatic carbocycles. The number of piperazine rings is 1. The summed E-state index contributed by atoms with van der Waals surface area (Å²) in [4.78, 5) is 10.3. The monoisotopic (exact) mass is 582 g/mol. The number of anilines is 1. The van der Waals surface area contributed by atoms with Gasteiger partial charge in [-0.1, -0.05) is 15.9 Å². The molecule has 0 aromatic heterocycles. The van der Waals surface area contributed by atoms with Crippen molar-refractivity contribution in [3.63, 3.8) is 0 Å². The molecule has 0 spiro atoms. The third kappa shape index (κ3) is 7.22. The molecule has 1 aromatic rings. The first-order chi connectivity index (χ1) is 15.2. The van der Waals surface area contributed by atoms with Gasteiger partial charge in [-0.25, -0.2) is 8.42 Å². The number of benzene rings is 1. The van der Waals surface area contributed by atoms with Gasteiger partial charge in [0.2, 0.25) is 10.0 Å². The Kier molecular flexibility index (Phi) is 9.08. The van der Waals surface area contributed by atoms with E-state index < -0.39 is 58.8 Å². The molecule has 1 aliphatic heterocycles. The zero-order valence-electron chi connectivity index (χ0n) is 17.1. The van der Waals surface area contributed by atoms with E-state index in [0.29, 0.717) is 6.07 Å². The summed E-state index contributed by atoms with van der Waals surface area (Å²) in [5.41, 5.74) is -3.38. The van der Waals surface area contributed by atoms with E-state index in [9.17, 15) is 40.1 Å². The highest BCUT2D eigenvalue weighted by atomic mass is 79.9. The quantitative estimate of drug-likeness (QED) is 0.182. The van der Waals surface area contributed by atoms with Gasteiger partial charge in [0.25, 0.3) is 15.8 Å². The van der Waals surface area contributed by atoms with Gasteiger partial charge in [0.1, 0.15) is 4.90 Å². The minimum Gasteiger partial charge on any atom is -0.369 e. The first-order valence-electron chi connectivity index (χ1n) is 9.55. The van der Waals surface area contributed by atoms with E-state index in [0.717, 1.165) is 9.21 Å². The highest BCUT2D eigenvalue weighted by molar-refractivity contribution is 9.09. The minimum atomic E-state index is -5.15. The molecular formula is C16H22BrF3N4O7S2. The molecule has 33 heavy (non-hydrogen) atoms. The number of non-ortho nitro benzene ring substituents is 1. The summed E-state index contributed by atoms with van der Waals surface area (Å²) in [5, 5.41) is 14.3. The van der Waals surface area contributed by atoms with Gasteiger partial charge in [-0.3, -0.25) is 14.7 Å². The largest absolute Gasteiger partial charge is 0.418 e. The van der Waals surface area contributed by atoms with Gasteiger partial charge in [0.05, 0.1) is 21.9 Å². The Morgan fingerprint density at radius 1 is 1.18 bits per heavy atom. The second-order valence-corrected chi connectivity index (χ2v) is 11.3. The van der Waals surface area contributed by atoms with Gasteiger partial charge < -0.3 is 10.2 Å². The minimum absolute atomic E-state index is 0.0486. The van der Waals surface area contributed by atoms with Gasteiger partial charge >= 0.3 is 6.18 Å². The van der Waals surface area contributed by atoms with Crippen LogP contribution in [0.15, 0.2) is 17.0 Å². The Labute approximate surface area is 197 Å². The fourth-order valence-electron chi connectivity index (χ4n) is 3.34. The van der Waals surface area contributed by atoms with Crippen LogP contribution in [0.25, 0.3) is 0 Å². The van der Waals surface area contributed by atoms with Crippen LogP contribution in [0.3, 0.4) is 0 Å². The van der Waals surface area contributed by atoms with Gasteiger partial charge in [-0.15, -0.1) is 0 Å². The number of alkyl halides is 4. The topological polar surface area (TPSA) is 150 Å². The number of sulfonamides is 1. The van der Waals surface area contributed by atoms with E-state index >= 15 is 0 Å². The Morgan fingerprint density at radius 3 is 2.27 bits per heavy atom. The van der Waals surface area contributed by atoms with Gasteiger partial charge in [0.15, 0.2) is 0 Å².